The zero-order valence-electron chi connectivity index (χ0n) is 10.2. The number of ether oxygens (including phenoxy) is 2. The molecule has 1 N–H and O–H groups in total. The largest absolute Gasteiger partial charge is 0.376 e. The van der Waals surface area contributed by atoms with Crippen LogP contribution >= 0.6 is 15.9 Å². The summed E-state index contributed by atoms with van der Waals surface area (Å²) in [6.07, 6.45) is -0.516. The lowest BCUT2D eigenvalue weighted by Gasteiger charge is -2.23. The molecule has 2 atom stereocenters. The number of rotatable bonds is 3. The van der Waals surface area contributed by atoms with E-state index in [1.807, 2.05) is 31.2 Å². The van der Waals surface area contributed by atoms with Crippen LogP contribution in [0.4, 0.5) is 5.69 Å². The fourth-order valence-corrected chi connectivity index (χ4v) is 2.21. The van der Waals surface area contributed by atoms with E-state index < -0.39 is 6.10 Å². The van der Waals surface area contributed by atoms with Crippen LogP contribution in [0.15, 0.2) is 24.3 Å². The van der Waals surface area contributed by atoms with Crippen molar-refractivity contribution < 1.29 is 14.3 Å². The van der Waals surface area contributed by atoms with E-state index in [0.29, 0.717) is 19.8 Å². The second-order valence-electron chi connectivity index (χ2n) is 4.13. The Kier molecular flexibility index (Phi) is 4.74. The highest BCUT2D eigenvalue weighted by atomic mass is 79.9. The van der Waals surface area contributed by atoms with E-state index in [2.05, 4.69) is 21.2 Å². The Hall–Kier alpha value is -0.910. The third kappa shape index (κ3) is 3.31. The normalized spacial score (nSPS) is 21.3. The van der Waals surface area contributed by atoms with Gasteiger partial charge in [0.05, 0.1) is 19.8 Å². The van der Waals surface area contributed by atoms with Crippen LogP contribution in [0, 0.1) is 0 Å². The number of anilines is 1. The number of nitrogens with one attached hydrogen (secondary N) is 1. The van der Waals surface area contributed by atoms with E-state index in [1.165, 1.54) is 0 Å². The topological polar surface area (TPSA) is 47.6 Å². The highest BCUT2D eigenvalue weighted by Crippen LogP contribution is 2.28. The molecule has 1 saturated heterocycles. The highest BCUT2D eigenvalue weighted by Gasteiger charge is 2.23. The molecule has 1 heterocycles. The first-order valence-electron chi connectivity index (χ1n) is 5.91. The Balaban J connectivity index is 2.06. The van der Waals surface area contributed by atoms with Crippen LogP contribution in [0.1, 0.15) is 17.3 Å². The van der Waals surface area contributed by atoms with Crippen LogP contribution < -0.4 is 5.32 Å². The van der Waals surface area contributed by atoms with Crippen molar-refractivity contribution in [3.8, 4) is 0 Å². The second kappa shape index (κ2) is 6.31. The molecular weight excluding hydrogens is 298 g/mol. The number of alkyl halides is 1. The summed E-state index contributed by atoms with van der Waals surface area (Å²) >= 11 is 3.51. The maximum absolute atomic E-state index is 12.0. The molecule has 1 aliphatic heterocycles. The Morgan fingerprint density at radius 3 is 2.89 bits per heavy atom. The fraction of sp³-hybridized carbons (Fsp3) is 0.462. The lowest BCUT2D eigenvalue weighted by Crippen LogP contribution is -2.39. The Morgan fingerprint density at radius 1 is 1.44 bits per heavy atom. The molecule has 1 aromatic carbocycles. The molecule has 0 saturated carbocycles. The average Bonchev–Trinajstić information content (AvgIpc) is 2.40. The number of carbonyl (C=O) groups excluding carboxylic acids is 1. The van der Waals surface area contributed by atoms with E-state index in [-0.39, 0.29) is 10.7 Å². The summed E-state index contributed by atoms with van der Waals surface area (Å²) in [5.41, 5.74) is 1.85. The molecule has 2 unspecified atom stereocenters. The van der Waals surface area contributed by atoms with E-state index in [9.17, 15) is 4.79 Å². The number of hydrogen-bond donors (Lipinski definition) is 1. The minimum Gasteiger partial charge on any atom is -0.376 e. The Labute approximate surface area is 115 Å². The van der Waals surface area contributed by atoms with Gasteiger partial charge in [-0.15, -0.1) is 0 Å². The van der Waals surface area contributed by atoms with Gasteiger partial charge in [-0.1, -0.05) is 34.1 Å². The van der Waals surface area contributed by atoms with Gasteiger partial charge in [-0.2, -0.15) is 0 Å². The fourth-order valence-electron chi connectivity index (χ4n) is 1.81. The molecule has 5 heteroatoms. The van der Waals surface area contributed by atoms with Crippen molar-refractivity contribution in [1.29, 1.82) is 0 Å². The first-order valence-corrected chi connectivity index (χ1v) is 6.83. The predicted molar refractivity (Wildman–Crippen MR) is 73.0 cm³/mol. The molecule has 18 heavy (non-hydrogen) atoms. The smallest absolute Gasteiger partial charge is 0.255 e. The van der Waals surface area contributed by atoms with Gasteiger partial charge >= 0.3 is 0 Å². The molecule has 1 aliphatic rings. The molecular formula is C13H16BrNO3. The first-order chi connectivity index (χ1) is 8.68. The number of carbonyl (C=O) groups is 1. The summed E-state index contributed by atoms with van der Waals surface area (Å²) in [5, 5.41) is 2.89. The summed E-state index contributed by atoms with van der Waals surface area (Å²) in [7, 11) is 0. The highest BCUT2D eigenvalue weighted by molar-refractivity contribution is 9.09. The minimum absolute atomic E-state index is 0.157. The van der Waals surface area contributed by atoms with Crippen molar-refractivity contribution in [3.63, 3.8) is 0 Å². The Morgan fingerprint density at radius 2 is 2.22 bits per heavy atom. The Bertz CT molecular complexity index is 416. The summed E-state index contributed by atoms with van der Waals surface area (Å²) in [6.45, 7) is 3.36. The van der Waals surface area contributed by atoms with Crippen molar-refractivity contribution in [1.82, 2.24) is 0 Å². The molecule has 0 spiro atoms. The molecule has 0 aromatic heterocycles. The maximum Gasteiger partial charge on any atom is 0.255 e. The van der Waals surface area contributed by atoms with Crippen LogP contribution in [0.2, 0.25) is 0 Å². The van der Waals surface area contributed by atoms with E-state index in [1.54, 1.807) is 0 Å². The molecule has 1 aromatic rings. The molecule has 0 aliphatic carbocycles. The van der Waals surface area contributed by atoms with Gasteiger partial charge in [0.2, 0.25) is 0 Å². The van der Waals surface area contributed by atoms with Crippen LogP contribution in [0.25, 0.3) is 0 Å². The van der Waals surface area contributed by atoms with Crippen molar-refractivity contribution in [2.24, 2.45) is 0 Å². The third-order valence-electron chi connectivity index (χ3n) is 2.76. The zero-order chi connectivity index (χ0) is 13.0. The van der Waals surface area contributed by atoms with Crippen molar-refractivity contribution in [2.75, 3.05) is 25.1 Å². The molecule has 0 radical (unpaired) electrons. The number of para-hydroxylation sites is 1. The number of hydrogen-bond acceptors (Lipinski definition) is 3. The third-order valence-corrected chi connectivity index (χ3v) is 3.25. The minimum atomic E-state index is -0.516. The van der Waals surface area contributed by atoms with Crippen LogP contribution in [-0.2, 0) is 14.3 Å². The van der Waals surface area contributed by atoms with E-state index >= 15 is 0 Å². The zero-order valence-corrected chi connectivity index (χ0v) is 11.8. The molecule has 1 amide bonds. The quantitative estimate of drug-likeness (QED) is 0.872. The second-order valence-corrected chi connectivity index (χ2v) is 5.50. The number of halogens is 1. The van der Waals surface area contributed by atoms with Crippen LogP contribution in [-0.4, -0.2) is 31.8 Å². The monoisotopic (exact) mass is 313 g/mol. The molecule has 98 valence electrons. The van der Waals surface area contributed by atoms with E-state index in [0.717, 1.165) is 11.3 Å². The molecule has 2 rings (SSSR count). The van der Waals surface area contributed by atoms with Gasteiger partial charge < -0.3 is 14.8 Å². The van der Waals surface area contributed by atoms with E-state index in [4.69, 9.17) is 9.47 Å². The summed E-state index contributed by atoms with van der Waals surface area (Å²) in [6, 6.07) is 7.71. The van der Waals surface area contributed by atoms with Gasteiger partial charge in [-0.25, -0.2) is 0 Å². The van der Waals surface area contributed by atoms with Gasteiger partial charge in [-0.3, -0.25) is 4.79 Å². The molecule has 1 fully saturated rings. The summed E-state index contributed by atoms with van der Waals surface area (Å²) in [4.78, 5) is 12.2. The standard InChI is InChI=1S/C13H16BrNO3/c1-9(14)10-4-2-3-5-11(10)15-13(16)12-8-17-6-7-18-12/h2-5,9,12H,6-8H2,1H3,(H,15,16). The number of benzene rings is 1. The summed E-state index contributed by atoms with van der Waals surface area (Å²) < 4.78 is 10.6. The lowest BCUT2D eigenvalue weighted by molar-refractivity contribution is -0.142. The molecule has 0 bridgehead atoms. The van der Waals surface area contributed by atoms with Gasteiger partial charge in [0.15, 0.2) is 6.10 Å². The van der Waals surface area contributed by atoms with Crippen molar-refractivity contribution >= 4 is 27.5 Å². The van der Waals surface area contributed by atoms with Crippen molar-refractivity contribution in [2.45, 2.75) is 17.9 Å². The van der Waals surface area contributed by atoms with Crippen LogP contribution in [0.3, 0.4) is 0 Å². The van der Waals surface area contributed by atoms with Gasteiger partial charge in [0, 0.05) is 10.5 Å². The van der Waals surface area contributed by atoms with Crippen molar-refractivity contribution in [3.05, 3.63) is 29.8 Å². The predicted octanol–water partition coefficient (Wildman–Crippen LogP) is 2.50. The molecule has 4 nitrogen and oxygen atoms in total. The number of amides is 1. The first kappa shape index (κ1) is 13.5. The SMILES string of the molecule is CC(Br)c1ccccc1NC(=O)C1COCCO1. The average molecular weight is 314 g/mol. The van der Waals surface area contributed by atoms with Gasteiger partial charge in [0.1, 0.15) is 0 Å². The summed E-state index contributed by atoms with van der Waals surface area (Å²) in [5.74, 6) is -0.157. The van der Waals surface area contributed by atoms with Gasteiger partial charge in [-0.05, 0) is 18.6 Å². The lowest BCUT2D eigenvalue weighted by atomic mass is 10.1. The van der Waals surface area contributed by atoms with Crippen LogP contribution in [0.5, 0.6) is 0 Å². The maximum atomic E-state index is 12.0. The van der Waals surface area contributed by atoms with Gasteiger partial charge in [0.25, 0.3) is 5.91 Å².